The highest BCUT2D eigenvalue weighted by Gasteiger charge is 2.16. The average Bonchev–Trinajstić information content (AvgIpc) is 2.51. The van der Waals surface area contributed by atoms with Crippen LogP contribution in [0.15, 0.2) is 18.2 Å². The molecule has 1 aromatic rings. The van der Waals surface area contributed by atoms with E-state index in [1.54, 1.807) is 25.3 Å². The fourth-order valence-corrected chi connectivity index (χ4v) is 2.00. The topological polar surface area (TPSA) is 73.9 Å². The summed E-state index contributed by atoms with van der Waals surface area (Å²) in [7, 11) is 4.38. The summed E-state index contributed by atoms with van der Waals surface area (Å²) in [5.74, 6) is 0.542. The van der Waals surface area contributed by atoms with Crippen molar-refractivity contribution in [3.05, 3.63) is 23.8 Å². The van der Waals surface area contributed by atoms with E-state index in [1.807, 2.05) is 0 Å². The van der Waals surface area contributed by atoms with E-state index in [2.05, 4.69) is 26.0 Å². The molecule has 0 heterocycles. The van der Waals surface area contributed by atoms with Crippen LogP contribution in [-0.2, 0) is 20.7 Å². The smallest absolute Gasteiger partial charge is 0.321 e. The van der Waals surface area contributed by atoms with Gasteiger partial charge >= 0.3 is 5.97 Å². The number of alkyl halides is 1. The Morgan fingerprint density at radius 3 is 2.43 bits per heavy atom. The third kappa shape index (κ3) is 5.26. The lowest BCUT2D eigenvalue weighted by molar-refractivity contribution is -0.139. The van der Waals surface area contributed by atoms with Gasteiger partial charge < -0.3 is 19.5 Å². The van der Waals surface area contributed by atoms with Crippen molar-refractivity contribution in [2.24, 2.45) is 0 Å². The number of hydrogen-bond donors (Lipinski definition) is 1. The minimum Gasteiger partial charge on any atom is -0.493 e. The molecule has 0 spiro atoms. The molecular formula is C14H18BrNO5. The Morgan fingerprint density at radius 1 is 1.19 bits per heavy atom. The predicted molar refractivity (Wildman–Crippen MR) is 81.0 cm³/mol. The molecule has 21 heavy (non-hydrogen) atoms. The van der Waals surface area contributed by atoms with Gasteiger partial charge in [-0.3, -0.25) is 9.59 Å². The van der Waals surface area contributed by atoms with E-state index in [9.17, 15) is 9.59 Å². The van der Waals surface area contributed by atoms with Crippen molar-refractivity contribution in [2.45, 2.75) is 11.2 Å². The summed E-state index contributed by atoms with van der Waals surface area (Å²) >= 11 is 3.13. The number of ether oxygens (including phenoxy) is 3. The van der Waals surface area contributed by atoms with Crippen LogP contribution in [0.25, 0.3) is 0 Å². The van der Waals surface area contributed by atoms with Gasteiger partial charge in [-0.15, -0.1) is 0 Å². The Labute approximate surface area is 131 Å². The van der Waals surface area contributed by atoms with Crippen molar-refractivity contribution < 1.29 is 23.8 Å². The second kappa shape index (κ2) is 8.51. The Bertz CT molecular complexity index is 506. The molecule has 0 bridgehead atoms. The fraction of sp³-hybridized carbons (Fsp3) is 0.429. The van der Waals surface area contributed by atoms with Crippen molar-refractivity contribution in [3.63, 3.8) is 0 Å². The number of benzene rings is 1. The van der Waals surface area contributed by atoms with Crippen LogP contribution in [0.2, 0.25) is 0 Å². The number of halogens is 1. The average molecular weight is 360 g/mol. The number of esters is 1. The monoisotopic (exact) mass is 359 g/mol. The molecule has 0 saturated carbocycles. The molecule has 1 atom stereocenters. The number of methoxy groups -OCH3 is 3. The summed E-state index contributed by atoms with van der Waals surface area (Å²) in [4.78, 5) is 22.5. The highest BCUT2D eigenvalue weighted by atomic mass is 79.9. The normalized spacial score (nSPS) is 11.4. The SMILES string of the molecule is COC(=O)C(Br)CNC(=O)Cc1ccc(OC)c(OC)c1. The van der Waals surface area contributed by atoms with Gasteiger partial charge in [-0.1, -0.05) is 22.0 Å². The van der Waals surface area contributed by atoms with E-state index in [1.165, 1.54) is 14.2 Å². The van der Waals surface area contributed by atoms with Crippen LogP contribution < -0.4 is 14.8 Å². The van der Waals surface area contributed by atoms with Crippen molar-refractivity contribution in [1.82, 2.24) is 5.32 Å². The van der Waals surface area contributed by atoms with Gasteiger partial charge in [0.2, 0.25) is 5.91 Å². The van der Waals surface area contributed by atoms with Crippen molar-refractivity contribution in [1.29, 1.82) is 0 Å². The molecule has 6 nitrogen and oxygen atoms in total. The molecule has 1 amide bonds. The van der Waals surface area contributed by atoms with Gasteiger partial charge in [0.05, 0.1) is 27.8 Å². The predicted octanol–water partition coefficient (Wildman–Crippen LogP) is 1.30. The molecule has 116 valence electrons. The number of nitrogens with one attached hydrogen (secondary N) is 1. The van der Waals surface area contributed by atoms with Crippen LogP contribution in [0, 0.1) is 0 Å². The summed E-state index contributed by atoms with van der Waals surface area (Å²) in [5.41, 5.74) is 0.786. The van der Waals surface area contributed by atoms with Gasteiger partial charge in [0.1, 0.15) is 4.83 Å². The second-order valence-electron chi connectivity index (χ2n) is 4.16. The summed E-state index contributed by atoms with van der Waals surface area (Å²) in [6, 6.07) is 5.26. The molecule has 0 aliphatic carbocycles. The first-order valence-electron chi connectivity index (χ1n) is 6.21. The highest BCUT2D eigenvalue weighted by Crippen LogP contribution is 2.27. The van der Waals surface area contributed by atoms with E-state index in [0.717, 1.165) is 5.56 Å². The van der Waals surface area contributed by atoms with Crippen molar-refractivity contribution in [3.8, 4) is 11.5 Å². The summed E-state index contributed by atoms with van der Waals surface area (Å²) in [5, 5.41) is 2.65. The van der Waals surface area contributed by atoms with E-state index < -0.39 is 10.8 Å². The Hall–Kier alpha value is -1.76. The Balaban J connectivity index is 2.57. The lowest BCUT2D eigenvalue weighted by Crippen LogP contribution is -2.34. The maximum atomic E-state index is 11.8. The van der Waals surface area contributed by atoms with Gasteiger partial charge in [0, 0.05) is 6.54 Å². The summed E-state index contributed by atoms with van der Waals surface area (Å²) in [6.07, 6.45) is 0.182. The second-order valence-corrected chi connectivity index (χ2v) is 5.27. The third-order valence-corrected chi connectivity index (χ3v) is 3.45. The lowest BCUT2D eigenvalue weighted by Gasteiger charge is -2.11. The standard InChI is InChI=1S/C14H18BrNO5/c1-19-11-5-4-9(6-12(11)20-2)7-13(17)16-8-10(15)14(18)21-3/h4-6,10H,7-8H2,1-3H3,(H,16,17). The number of hydrogen-bond acceptors (Lipinski definition) is 5. The minimum absolute atomic E-state index is 0.165. The molecule has 0 saturated heterocycles. The molecular weight excluding hydrogens is 342 g/mol. The molecule has 1 unspecified atom stereocenters. The zero-order valence-corrected chi connectivity index (χ0v) is 13.7. The number of carbonyl (C=O) groups excluding carboxylic acids is 2. The molecule has 1 rings (SSSR count). The van der Waals surface area contributed by atoms with Crippen LogP contribution >= 0.6 is 15.9 Å². The van der Waals surface area contributed by atoms with Crippen molar-refractivity contribution in [2.75, 3.05) is 27.9 Å². The van der Waals surface area contributed by atoms with Gasteiger partial charge in [0.25, 0.3) is 0 Å². The van der Waals surface area contributed by atoms with Gasteiger partial charge in [-0.2, -0.15) is 0 Å². The van der Waals surface area contributed by atoms with E-state index in [0.29, 0.717) is 11.5 Å². The number of amides is 1. The van der Waals surface area contributed by atoms with Crippen LogP contribution in [0.3, 0.4) is 0 Å². The quantitative estimate of drug-likeness (QED) is 0.586. The van der Waals surface area contributed by atoms with Gasteiger partial charge in [-0.05, 0) is 17.7 Å². The largest absolute Gasteiger partial charge is 0.493 e. The number of rotatable bonds is 7. The van der Waals surface area contributed by atoms with E-state index in [-0.39, 0.29) is 18.9 Å². The Morgan fingerprint density at radius 2 is 1.86 bits per heavy atom. The first-order valence-corrected chi connectivity index (χ1v) is 7.12. The minimum atomic E-state index is -0.558. The molecule has 0 aliphatic rings. The first-order chi connectivity index (χ1) is 10.0. The van der Waals surface area contributed by atoms with Gasteiger partial charge in [-0.25, -0.2) is 0 Å². The van der Waals surface area contributed by atoms with Crippen LogP contribution in [0.1, 0.15) is 5.56 Å². The highest BCUT2D eigenvalue weighted by molar-refractivity contribution is 9.10. The van der Waals surface area contributed by atoms with Crippen LogP contribution in [0.4, 0.5) is 0 Å². The van der Waals surface area contributed by atoms with Crippen LogP contribution in [-0.4, -0.2) is 44.6 Å². The summed E-state index contributed by atoms with van der Waals surface area (Å²) < 4.78 is 14.9. The van der Waals surface area contributed by atoms with E-state index >= 15 is 0 Å². The van der Waals surface area contributed by atoms with Crippen LogP contribution in [0.5, 0.6) is 11.5 Å². The molecule has 1 N–H and O–H groups in total. The van der Waals surface area contributed by atoms with E-state index in [4.69, 9.17) is 9.47 Å². The van der Waals surface area contributed by atoms with Gasteiger partial charge in [0.15, 0.2) is 11.5 Å². The Kier molecular flexibility index (Phi) is 7.01. The lowest BCUT2D eigenvalue weighted by atomic mass is 10.1. The zero-order valence-electron chi connectivity index (χ0n) is 12.1. The molecule has 0 fully saturated rings. The molecule has 0 aliphatic heterocycles. The third-order valence-electron chi connectivity index (χ3n) is 2.75. The number of carbonyl (C=O) groups is 2. The molecule has 7 heteroatoms. The molecule has 0 radical (unpaired) electrons. The molecule has 1 aromatic carbocycles. The summed E-state index contributed by atoms with van der Waals surface area (Å²) in [6.45, 7) is 0.165. The zero-order chi connectivity index (χ0) is 15.8. The maximum Gasteiger partial charge on any atom is 0.321 e. The van der Waals surface area contributed by atoms with Crippen molar-refractivity contribution >= 4 is 27.8 Å². The molecule has 0 aromatic heterocycles. The first kappa shape index (κ1) is 17.3. The maximum absolute atomic E-state index is 11.8. The fourth-order valence-electron chi connectivity index (χ4n) is 1.65.